The molecule has 2 rings (SSSR count). The molecule has 2 atom stereocenters. The number of hydrogen-bond acceptors (Lipinski definition) is 2. The largest absolute Gasteiger partial charge is 0.394 e. The smallest absolute Gasteiger partial charge is 0.223 e. The van der Waals surface area contributed by atoms with Crippen LogP contribution in [-0.2, 0) is 17.6 Å². The van der Waals surface area contributed by atoms with Crippen LogP contribution in [0.3, 0.4) is 0 Å². The van der Waals surface area contributed by atoms with Gasteiger partial charge in [0.15, 0.2) is 0 Å². The molecular weight excluding hydrogens is 250 g/mol. The maximum atomic E-state index is 12.3. The summed E-state index contributed by atoms with van der Waals surface area (Å²) in [6, 6.07) is 8.51. The van der Waals surface area contributed by atoms with Crippen molar-refractivity contribution in [2.24, 2.45) is 5.92 Å². The first-order chi connectivity index (χ1) is 9.65. The van der Waals surface area contributed by atoms with Gasteiger partial charge in [0.2, 0.25) is 5.91 Å². The van der Waals surface area contributed by atoms with Crippen molar-refractivity contribution in [2.75, 3.05) is 13.2 Å². The Hall–Kier alpha value is -1.35. The molecule has 1 N–H and O–H groups in total. The topological polar surface area (TPSA) is 40.5 Å². The predicted molar refractivity (Wildman–Crippen MR) is 80.5 cm³/mol. The summed E-state index contributed by atoms with van der Waals surface area (Å²) in [7, 11) is 0. The molecule has 2 unspecified atom stereocenters. The number of carbonyl (C=O) groups is 1. The number of aryl methyl sites for hydroxylation is 2. The van der Waals surface area contributed by atoms with Crippen LogP contribution in [0.4, 0.5) is 0 Å². The monoisotopic (exact) mass is 275 g/mol. The number of hydrogen-bond donors (Lipinski definition) is 1. The van der Waals surface area contributed by atoms with Crippen LogP contribution in [-0.4, -0.2) is 35.1 Å². The lowest BCUT2D eigenvalue weighted by atomic mass is 10.0. The summed E-state index contributed by atoms with van der Waals surface area (Å²) < 4.78 is 0. The van der Waals surface area contributed by atoms with E-state index in [-0.39, 0.29) is 18.6 Å². The van der Waals surface area contributed by atoms with E-state index in [2.05, 4.69) is 38.1 Å². The number of amides is 1. The van der Waals surface area contributed by atoms with Crippen LogP contribution in [0.15, 0.2) is 24.3 Å². The highest BCUT2D eigenvalue weighted by molar-refractivity contribution is 5.77. The van der Waals surface area contributed by atoms with E-state index in [1.165, 1.54) is 11.1 Å². The molecule has 1 aliphatic rings. The number of likely N-dealkylation sites (tertiary alicyclic amines) is 1. The Labute approximate surface area is 121 Å². The van der Waals surface area contributed by atoms with Crippen molar-refractivity contribution < 1.29 is 9.90 Å². The molecule has 1 aromatic rings. The summed E-state index contributed by atoms with van der Waals surface area (Å²) in [4.78, 5) is 14.1. The second-order valence-corrected chi connectivity index (χ2v) is 5.77. The van der Waals surface area contributed by atoms with Crippen molar-refractivity contribution >= 4 is 5.91 Å². The van der Waals surface area contributed by atoms with Crippen LogP contribution >= 0.6 is 0 Å². The highest BCUT2D eigenvalue weighted by Gasteiger charge is 2.33. The highest BCUT2D eigenvalue weighted by Crippen LogP contribution is 2.24. The summed E-state index contributed by atoms with van der Waals surface area (Å²) >= 11 is 0. The van der Waals surface area contributed by atoms with Crippen molar-refractivity contribution in [1.82, 2.24) is 4.90 Å². The summed E-state index contributed by atoms with van der Waals surface area (Å²) in [6.07, 6.45) is 3.37. The molecule has 1 heterocycles. The van der Waals surface area contributed by atoms with Gasteiger partial charge < -0.3 is 10.0 Å². The molecule has 0 spiro atoms. The fraction of sp³-hybridized carbons (Fsp3) is 0.588. The van der Waals surface area contributed by atoms with Crippen LogP contribution in [0.1, 0.15) is 37.8 Å². The quantitative estimate of drug-likeness (QED) is 0.896. The molecule has 0 aromatic heterocycles. The minimum absolute atomic E-state index is 0.0185. The second-order valence-electron chi connectivity index (χ2n) is 5.77. The van der Waals surface area contributed by atoms with Crippen LogP contribution in [0, 0.1) is 5.92 Å². The van der Waals surface area contributed by atoms with Gasteiger partial charge in [0.25, 0.3) is 0 Å². The van der Waals surface area contributed by atoms with Crippen LogP contribution < -0.4 is 0 Å². The zero-order chi connectivity index (χ0) is 14.5. The molecule has 1 aliphatic heterocycles. The first-order valence-corrected chi connectivity index (χ1v) is 7.63. The molecule has 3 heteroatoms. The van der Waals surface area contributed by atoms with Gasteiger partial charge >= 0.3 is 0 Å². The number of aliphatic hydroxyl groups excluding tert-OH is 1. The van der Waals surface area contributed by atoms with Crippen LogP contribution in [0.2, 0.25) is 0 Å². The molecule has 1 fully saturated rings. The van der Waals surface area contributed by atoms with E-state index in [4.69, 9.17) is 0 Å². The van der Waals surface area contributed by atoms with E-state index >= 15 is 0 Å². The molecular formula is C17H25NO2. The minimum atomic E-state index is 0.0185. The SMILES string of the molecule is CCc1ccc(CCC(=O)N2CCC(C)C2CO)cc1. The lowest BCUT2D eigenvalue weighted by molar-refractivity contribution is -0.133. The average molecular weight is 275 g/mol. The van der Waals surface area contributed by atoms with E-state index in [9.17, 15) is 9.90 Å². The third-order valence-electron chi connectivity index (χ3n) is 4.45. The third kappa shape index (κ3) is 3.40. The fourth-order valence-electron chi connectivity index (χ4n) is 2.93. The lowest BCUT2D eigenvalue weighted by Gasteiger charge is -2.25. The Kier molecular flexibility index (Phi) is 5.18. The maximum absolute atomic E-state index is 12.3. The van der Waals surface area contributed by atoms with E-state index in [0.717, 1.165) is 25.8 Å². The van der Waals surface area contributed by atoms with Gasteiger partial charge in [0.1, 0.15) is 0 Å². The van der Waals surface area contributed by atoms with Gasteiger partial charge in [-0.2, -0.15) is 0 Å². The van der Waals surface area contributed by atoms with Gasteiger partial charge in [-0.05, 0) is 36.3 Å². The molecule has 0 bridgehead atoms. The summed E-state index contributed by atoms with van der Waals surface area (Å²) in [5.74, 6) is 0.584. The number of benzene rings is 1. The fourth-order valence-corrected chi connectivity index (χ4v) is 2.93. The Bertz CT molecular complexity index is 441. The Morgan fingerprint density at radius 3 is 2.55 bits per heavy atom. The van der Waals surface area contributed by atoms with Crippen molar-refractivity contribution in [2.45, 2.75) is 45.6 Å². The Balaban J connectivity index is 1.88. The first kappa shape index (κ1) is 15.0. The van der Waals surface area contributed by atoms with Gasteiger partial charge in [0, 0.05) is 13.0 Å². The molecule has 1 saturated heterocycles. The van der Waals surface area contributed by atoms with E-state index < -0.39 is 0 Å². The molecule has 110 valence electrons. The molecule has 20 heavy (non-hydrogen) atoms. The Morgan fingerprint density at radius 1 is 1.30 bits per heavy atom. The lowest BCUT2D eigenvalue weighted by Crippen LogP contribution is -2.39. The van der Waals surface area contributed by atoms with E-state index in [0.29, 0.717) is 12.3 Å². The minimum Gasteiger partial charge on any atom is -0.394 e. The standard InChI is InChI=1S/C17H25NO2/c1-3-14-4-6-15(7-5-14)8-9-17(20)18-11-10-13(2)16(18)12-19/h4-7,13,16,19H,3,8-12H2,1-2H3. The van der Waals surface area contributed by atoms with Gasteiger partial charge in [-0.1, -0.05) is 38.1 Å². The molecule has 0 aliphatic carbocycles. The van der Waals surface area contributed by atoms with Gasteiger partial charge in [-0.15, -0.1) is 0 Å². The van der Waals surface area contributed by atoms with Crippen molar-refractivity contribution in [3.8, 4) is 0 Å². The van der Waals surface area contributed by atoms with Gasteiger partial charge in [-0.25, -0.2) is 0 Å². The molecule has 3 nitrogen and oxygen atoms in total. The first-order valence-electron chi connectivity index (χ1n) is 7.63. The summed E-state index contributed by atoms with van der Waals surface area (Å²) in [5, 5.41) is 9.40. The third-order valence-corrected chi connectivity index (χ3v) is 4.45. The predicted octanol–water partition coefficient (Wildman–Crippen LogP) is 2.41. The molecule has 0 saturated carbocycles. The number of rotatable bonds is 5. The second kappa shape index (κ2) is 6.89. The highest BCUT2D eigenvalue weighted by atomic mass is 16.3. The maximum Gasteiger partial charge on any atom is 0.223 e. The average Bonchev–Trinajstić information content (AvgIpc) is 2.86. The summed E-state index contributed by atoms with van der Waals surface area (Å²) in [6.45, 7) is 5.12. The van der Waals surface area contributed by atoms with Crippen molar-refractivity contribution in [1.29, 1.82) is 0 Å². The van der Waals surface area contributed by atoms with Gasteiger partial charge in [0.05, 0.1) is 12.6 Å². The Morgan fingerprint density at radius 2 is 1.95 bits per heavy atom. The zero-order valence-electron chi connectivity index (χ0n) is 12.5. The number of aliphatic hydroxyl groups is 1. The van der Waals surface area contributed by atoms with Crippen LogP contribution in [0.5, 0.6) is 0 Å². The molecule has 0 radical (unpaired) electrons. The number of carbonyl (C=O) groups excluding carboxylic acids is 1. The van der Waals surface area contributed by atoms with Crippen molar-refractivity contribution in [3.63, 3.8) is 0 Å². The molecule has 1 amide bonds. The van der Waals surface area contributed by atoms with Crippen LogP contribution in [0.25, 0.3) is 0 Å². The number of nitrogens with zero attached hydrogens (tertiary/aromatic N) is 1. The molecule has 1 aromatic carbocycles. The summed E-state index contributed by atoms with van der Waals surface area (Å²) in [5.41, 5.74) is 2.54. The van der Waals surface area contributed by atoms with E-state index in [1.54, 1.807) is 0 Å². The van der Waals surface area contributed by atoms with Gasteiger partial charge in [-0.3, -0.25) is 4.79 Å². The van der Waals surface area contributed by atoms with E-state index in [1.807, 2.05) is 4.90 Å². The zero-order valence-corrected chi connectivity index (χ0v) is 12.5. The van der Waals surface area contributed by atoms with Crippen molar-refractivity contribution in [3.05, 3.63) is 35.4 Å². The normalized spacial score (nSPS) is 22.2.